The van der Waals surface area contributed by atoms with Crippen molar-refractivity contribution in [3.8, 4) is 0 Å². The Kier molecular flexibility index (Phi) is 3.54. The largest absolute Gasteiger partial charge is 0.417 e. The fraction of sp³-hybridized carbons (Fsp3) is 0.417. The molecule has 0 atom stereocenters. The molecular weight excluding hydrogens is 240 g/mol. The summed E-state index contributed by atoms with van der Waals surface area (Å²) < 4.78 is 5.07. The monoisotopic (exact) mass is 254 g/mol. The van der Waals surface area contributed by atoms with E-state index in [0.29, 0.717) is 11.5 Å². The second-order valence-corrected chi connectivity index (χ2v) is 4.29. The predicted molar refractivity (Wildman–Crippen MR) is 68.9 cm³/mol. The fourth-order valence-corrected chi connectivity index (χ4v) is 2.37. The summed E-state index contributed by atoms with van der Waals surface area (Å²) in [5.74, 6) is 0.211. The zero-order valence-corrected chi connectivity index (χ0v) is 10.2. The molecule has 2 N–H and O–H groups in total. The van der Waals surface area contributed by atoms with E-state index < -0.39 is 0 Å². The number of fused-ring (bicyclic) bond motifs is 1. The number of hydrogen-bond acceptors (Lipinski definition) is 3. The van der Waals surface area contributed by atoms with Crippen molar-refractivity contribution in [1.29, 1.82) is 0 Å². The molecule has 1 aliphatic heterocycles. The Morgan fingerprint density at radius 2 is 2.00 bits per heavy atom. The first-order chi connectivity index (χ1) is 7.83. The Morgan fingerprint density at radius 3 is 2.76 bits per heavy atom. The summed E-state index contributed by atoms with van der Waals surface area (Å²) in [6.45, 7) is 2.14. The Labute approximate surface area is 105 Å². The number of nitrogens with one attached hydrogen (secondary N) is 2. The number of halogens is 1. The minimum atomic E-state index is -0.377. The standard InChI is InChI=1S/C12H14N2O2.ClH/c15-12-14-10-2-1-9(7-11(10)16-12)8-3-5-13-6-4-8;/h1-2,7-8,13H,3-6H2,(H,14,15);1H. The van der Waals surface area contributed by atoms with E-state index in [1.165, 1.54) is 5.56 Å². The van der Waals surface area contributed by atoms with Crippen molar-refractivity contribution in [1.82, 2.24) is 10.3 Å². The quantitative estimate of drug-likeness (QED) is 0.819. The number of oxazole rings is 1. The van der Waals surface area contributed by atoms with Gasteiger partial charge in [0.1, 0.15) is 0 Å². The highest BCUT2D eigenvalue weighted by Crippen LogP contribution is 2.27. The molecule has 1 aromatic carbocycles. The van der Waals surface area contributed by atoms with E-state index in [1.54, 1.807) is 0 Å². The Morgan fingerprint density at radius 1 is 1.24 bits per heavy atom. The SMILES string of the molecule is Cl.O=c1[nH]c2ccc(C3CCNCC3)cc2o1. The molecule has 0 spiro atoms. The Balaban J connectivity index is 0.00000108. The van der Waals surface area contributed by atoms with Crippen LogP contribution in [0, 0.1) is 0 Å². The molecule has 1 saturated heterocycles. The Hall–Kier alpha value is -1.26. The van der Waals surface area contributed by atoms with Crippen LogP contribution in [0.25, 0.3) is 11.1 Å². The van der Waals surface area contributed by atoms with Gasteiger partial charge in [0, 0.05) is 0 Å². The molecular formula is C12H15ClN2O2. The number of rotatable bonds is 1. The van der Waals surface area contributed by atoms with Crippen molar-refractivity contribution in [3.63, 3.8) is 0 Å². The molecule has 3 rings (SSSR count). The molecule has 2 heterocycles. The van der Waals surface area contributed by atoms with Gasteiger partial charge in [-0.1, -0.05) is 6.07 Å². The third kappa shape index (κ3) is 2.37. The van der Waals surface area contributed by atoms with Crippen LogP contribution in [0.3, 0.4) is 0 Å². The van der Waals surface area contributed by atoms with E-state index >= 15 is 0 Å². The molecule has 0 amide bonds. The zero-order chi connectivity index (χ0) is 11.0. The van der Waals surface area contributed by atoms with Gasteiger partial charge in [0.25, 0.3) is 0 Å². The number of aromatic nitrogens is 1. The van der Waals surface area contributed by atoms with Crippen LogP contribution in [-0.4, -0.2) is 18.1 Å². The zero-order valence-electron chi connectivity index (χ0n) is 9.36. The molecule has 0 unspecified atom stereocenters. The van der Waals surface area contributed by atoms with E-state index in [4.69, 9.17) is 4.42 Å². The number of H-pyrrole nitrogens is 1. The van der Waals surface area contributed by atoms with Crippen molar-refractivity contribution in [2.24, 2.45) is 0 Å². The Bertz CT molecular complexity index is 555. The van der Waals surface area contributed by atoms with Crippen LogP contribution in [0.1, 0.15) is 24.3 Å². The number of benzene rings is 1. The molecule has 1 aliphatic rings. The smallest absolute Gasteiger partial charge is 0.408 e. The lowest BCUT2D eigenvalue weighted by Crippen LogP contribution is -2.26. The van der Waals surface area contributed by atoms with Gasteiger partial charge in [0.15, 0.2) is 5.58 Å². The summed E-state index contributed by atoms with van der Waals surface area (Å²) in [5, 5.41) is 3.35. The average Bonchev–Trinajstić information content (AvgIpc) is 2.69. The van der Waals surface area contributed by atoms with Crippen molar-refractivity contribution in [3.05, 3.63) is 34.3 Å². The van der Waals surface area contributed by atoms with Gasteiger partial charge in [0.2, 0.25) is 0 Å². The summed E-state index contributed by atoms with van der Waals surface area (Å²) >= 11 is 0. The first kappa shape index (κ1) is 12.2. The van der Waals surface area contributed by atoms with Crippen molar-refractivity contribution >= 4 is 23.5 Å². The topological polar surface area (TPSA) is 58.0 Å². The second-order valence-electron chi connectivity index (χ2n) is 4.29. The molecule has 1 fully saturated rings. The molecule has 5 heteroatoms. The van der Waals surface area contributed by atoms with Crippen LogP contribution in [-0.2, 0) is 0 Å². The minimum Gasteiger partial charge on any atom is -0.408 e. The van der Waals surface area contributed by atoms with Gasteiger partial charge in [-0.15, -0.1) is 12.4 Å². The van der Waals surface area contributed by atoms with Gasteiger partial charge in [0.05, 0.1) is 5.52 Å². The van der Waals surface area contributed by atoms with Gasteiger partial charge in [-0.25, -0.2) is 4.79 Å². The van der Waals surface area contributed by atoms with Crippen LogP contribution in [0.2, 0.25) is 0 Å². The van der Waals surface area contributed by atoms with Crippen molar-refractivity contribution in [2.45, 2.75) is 18.8 Å². The first-order valence-electron chi connectivity index (χ1n) is 5.66. The van der Waals surface area contributed by atoms with Crippen LogP contribution >= 0.6 is 12.4 Å². The minimum absolute atomic E-state index is 0. The lowest BCUT2D eigenvalue weighted by atomic mass is 9.90. The molecule has 1 aromatic heterocycles. The highest BCUT2D eigenvalue weighted by atomic mass is 35.5. The van der Waals surface area contributed by atoms with Crippen LogP contribution in [0.15, 0.2) is 27.4 Å². The summed E-state index contributed by atoms with van der Waals surface area (Å²) in [5.41, 5.74) is 2.72. The third-order valence-electron chi connectivity index (χ3n) is 3.26. The number of aromatic amines is 1. The molecule has 0 saturated carbocycles. The van der Waals surface area contributed by atoms with Crippen LogP contribution in [0.4, 0.5) is 0 Å². The molecule has 4 nitrogen and oxygen atoms in total. The lowest BCUT2D eigenvalue weighted by Gasteiger charge is -2.22. The van der Waals surface area contributed by atoms with E-state index in [1.807, 2.05) is 12.1 Å². The number of piperidine rings is 1. The van der Waals surface area contributed by atoms with Gasteiger partial charge < -0.3 is 9.73 Å². The first-order valence-corrected chi connectivity index (χ1v) is 5.66. The fourth-order valence-electron chi connectivity index (χ4n) is 2.37. The van der Waals surface area contributed by atoms with E-state index in [0.717, 1.165) is 31.4 Å². The van der Waals surface area contributed by atoms with Gasteiger partial charge >= 0.3 is 5.76 Å². The normalized spacial score (nSPS) is 16.9. The average molecular weight is 255 g/mol. The molecule has 0 radical (unpaired) electrons. The maximum absolute atomic E-state index is 11.0. The molecule has 2 aromatic rings. The maximum Gasteiger partial charge on any atom is 0.417 e. The van der Waals surface area contributed by atoms with Crippen LogP contribution < -0.4 is 11.1 Å². The second kappa shape index (κ2) is 4.94. The maximum atomic E-state index is 11.0. The van der Waals surface area contributed by atoms with Crippen molar-refractivity contribution in [2.75, 3.05) is 13.1 Å². The van der Waals surface area contributed by atoms with Gasteiger partial charge in [-0.3, -0.25) is 4.98 Å². The third-order valence-corrected chi connectivity index (χ3v) is 3.26. The molecule has 92 valence electrons. The summed E-state index contributed by atoms with van der Waals surface area (Å²) in [6, 6.07) is 6.00. The van der Waals surface area contributed by atoms with E-state index in [9.17, 15) is 4.79 Å². The number of hydrogen-bond donors (Lipinski definition) is 2. The predicted octanol–water partition coefficient (Wildman–Crippen LogP) is 2.01. The lowest BCUT2D eigenvalue weighted by molar-refractivity contribution is 0.460. The summed E-state index contributed by atoms with van der Waals surface area (Å²) in [6.07, 6.45) is 2.31. The van der Waals surface area contributed by atoms with Gasteiger partial charge in [-0.2, -0.15) is 0 Å². The molecule has 0 bridgehead atoms. The molecule has 17 heavy (non-hydrogen) atoms. The van der Waals surface area contributed by atoms with Gasteiger partial charge in [-0.05, 0) is 49.5 Å². The summed E-state index contributed by atoms with van der Waals surface area (Å²) in [7, 11) is 0. The van der Waals surface area contributed by atoms with Crippen molar-refractivity contribution < 1.29 is 4.42 Å². The van der Waals surface area contributed by atoms with E-state index in [2.05, 4.69) is 16.4 Å². The molecule has 0 aliphatic carbocycles. The van der Waals surface area contributed by atoms with Crippen LogP contribution in [0.5, 0.6) is 0 Å². The highest BCUT2D eigenvalue weighted by Gasteiger charge is 2.16. The highest BCUT2D eigenvalue weighted by molar-refractivity contribution is 5.85. The van der Waals surface area contributed by atoms with E-state index in [-0.39, 0.29) is 18.2 Å². The summed E-state index contributed by atoms with van der Waals surface area (Å²) in [4.78, 5) is 13.7.